The van der Waals surface area contributed by atoms with Gasteiger partial charge in [0, 0.05) is 25.2 Å². The van der Waals surface area contributed by atoms with Gasteiger partial charge in [0.2, 0.25) is 5.91 Å². The Morgan fingerprint density at radius 2 is 2.26 bits per heavy atom. The molecule has 1 aliphatic heterocycles. The van der Waals surface area contributed by atoms with Crippen LogP contribution in [-0.4, -0.2) is 23.9 Å². The third kappa shape index (κ3) is 3.76. The maximum atomic E-state index is 11.9. The zero-order valence-corrected chi connectivity index (χ0v) is 11.7. The van der Waals surface area contributed by atoms with Gasteiger partial charge < -0.3 is 10.2 Å². The molecule has 1 N–H and O–H groups in total. The predicted octanol–water partition coefficient (Wildman–Crippen LogP) is 3.12. The summed E-state index contributed by atoms with van der Waals surface area (Å²) in [7, 11) is 0. The lowest BCUT2D eigenvalue weighted by molar-refractivity contribution is -0.117. The molecule has 100 valence electrons. The highest BCUT2D eigenvalue weighted by atomic mass is 35.5. The van der Waals surface area contributed by atoms with Gasteiger partial charge in [-0.15, -0.1) is 0 Å². The molecular formula is C13H13Cl2N3O. The van der Waals surface area contributed by atoms with E-state index in [0.29, 0.717) is 28.7 Å². The van der Waals surface area contributed by atoms with Crippen LogP contribution >= 0.6 is 23.2 Å². The number of rotatable bonds is 3. The van der Waals surface area contributed by atoms with Gasteiger partial charge >= 0.3 is 0 Å². The number of halogens is 2. The zero-order valence-electron chi connectivity index (χ0n) is 10.2. The van der Waals surface area contributed by atoms with E-state index in [0.717, 1.165) is 13.0 Å². The lowest BCUT2D eigenvalue weighted by Gasteiger charge is -2.10. The van der Waals surface area contributed by atoms with Gasteiger partial charge in [0.05, 0.1) is 10.0 Å². The molecule has 1 heterocycles. The Bertz CT molecular complexity index is 527. The zero-order chi connectivity index (χ0) is 13.8. The number of likely N-dealkylation sites (tertiary alicyclic amines) is 1. The first-order chi connectivity index (χ1) is 9.08. The first-order valence-electron chi connectivity index (χ1n) is 5.98. The van der Waals surface area contributed by atoms with Crippen molar-refractivity contribution >= 4 is 34.8 Å². The molecule has 19 heavy (non-hydrogen) atoms. The molecule has 6 heteroatoms. The van der Waals surface area contributed by atoms with E-state index in [1.807, 2.05) is 0 Å². The van der Waals surface area contributed by atoms with E-state index in [1.54, 1.807) is 23.1 Å². The van der Waals surface area contributed by atoms with Crippen molar-refractivity contribution in [1.82, 2.24) is 4.90 Å². The molecule has 2 rings (SSSR count). The van der Waals surface area contributed by atoms with Crippen molar-refractivity contribution in [3.8, 4) is 6.19 Å². The Kier molecular flexibility index (Phi) is 4.52. The minimum atomic E-state index is -0.0665. The van der Waals surface area contributed by atoms with Crippen LogP contribution in [0.25, 0.3) is 0 Å². The number of hydrogen-bond acceptors (Lipinski definition) is 3. The molecule has 1 unspecified atom stereocenters. The third-order valence-corrected chi connectivity index (χ3v) is 3.84. The maximum absolute atomic E-state index is 11.9. The van der Waals surface area contributed by atoms with Crippen LogP contribution < -0.4 is 5.32 Å². The van der Waals surface area contributed by atoms with Gasteiger partial charge in [-0.3, -0.25) is 4.79 Å². The van der Waals surface area contributed by atoms with Gasteiger partial charge in [0.1, 0.15) is 0 Å². The summed E-state index contributed by atoms with van der Waals surface area (Å²) in [6.07, 6.45) is 3.39. The van der Waals surface area contributed by atoms with Gasteiger partial charge in [-0.1, -0.05) is 23.2 Å². The highest BCUT2D eigenvalue weighted by Gasteiger charge is 2.23. The molecule has 0 spiro atoms. The van der Waals surface area contributed by atoms with Crippen molar-refractivity contribution < 1.29 is 4.79 Å². The number of benzene rings is 1. The van der Waals surface area contributed by atoms with Crippen molar-refractivity contribution in [2.24, 2.45) is 5.92 Å². The van der Waals surface area contributed by atoms with Crippen molar-refractivity contribution in [3.63, 3.8) is 0 Å². The Morgan fingerprint density at radius 1 is 1.47 bits per heavy atom. The smallest absolute Gasteiger partial charge is 0.224 e. The third-order valence-electron chi connectivity index (χ3n) is 3.10. The van der Waals surface area contributed by atoms with Gasteiger partial charge in [0.15, 0.2) is 6.19 Å². The lowest BCUT2D eigenvalue weighted by atomic mass is 10.0. The maximum Gasteiger partial charge on any atom is 0.224 e. The first-order valence-corrected chi connectivity index (χ1v) is 6.73. The number of hydrogen-bond donors (Lipinski definition) is 1. The molecule has 1 atom stereocenters. The number of anilines is 1. The van der Waals surface area contributed by atoms with E-state index in [2.05, 4.69) is 11.5 Å². The fourth-order valence-corrected chi connectivity index (χ4v) is 2.44. The van der Waals surface area contributed by atoms with Crippen molar-refractivity contribution in [3.05, 3.63) is 28.2 Å². The summed E-state index contributed by atoms with van der Waals surface area (Å²) in [6.45, 7) is 1.40. The number of carbonyl (C=O) groups is 1. The van der Waals surface area contributed by atoms with E-state index in [1.165, 1.54) is 0 Å². The first kappa shape index (κ1) is 14.0. The molecule has 0 bridgehead atoms. The average Bonchev–Trinajstić information content (AvgIpc) is 2.81. The quantitative estimate of drug-likeness (QED) is 0.872. The number of nitrogens with zero attached hydrogens (tertiary/aromatic N) is 2. The van der Waals surface area contributed by atoms with E-state index in [4.69, 9.17) is 28.5 Å². The summed E-state index contributed by atoms with van der Waals surface area (Å²) < 4.78 is 0. The number of nitrogens with one attached hydrogen (secondary N) is 1. The van der Waals surface area contributed by atoms with Crippen LogP contribution in [0.2, 0.25) is 10.0 Å². The van der Waals surface area contributed by atoms with Crippen molar-refractivity contribution in [2.75, 3.05) is 18.4 Å². The summed E-state index contributed by atoms with van der Waals surface area (Å²) in [6, 6.07) is 4.98. The van der Waals surface area contributed by atoms with Gasteiger partial charge in [0.25, 0.3) is 0 Å². The van der Waals surface area contributed by atoms with Crippen LogP contribution in [0.15, 0.2) is 18.2 Å². The minimum absolute atomic E-state index is 0.0665. The highest BCUT2D eigenvalue weighted by Crippen LogP contribution is 2.25. The highest BCUT2D eigenvalue weighted by molar-refractivity contribution is 6.42. The van der Waals surface area contributed by atoms with Gasteiger partial charge in [-0.2, -0.15) is 5.26 Å². The second-order valence-electron chi connectivity index (χ2n) is 4.58. The second-order valence-corrected chi connectivity index (χ2v) is 5.40. The van der Waals surface area contributed by atoms with E-state index >= 15 is 0 Å². The van der Waals surface area contributed by atoms with Crippen molar-refractivity contribution in [1.29, 1.82) is 5.26 Å². The van der Waals surface area contributed by atoms with E-state index in [9.17, 15) is 4.79 Å². The fraction of sp³-hybridized carbons (Fsp3) is 0.385. The van der Waals surface area contributed by atoms with Gasteiger partial charge in [-0.05, 0) is 30.5 Å². The van der Waals surface area contributed by atoms with E-state index in [-0.39, 0.29) is 11.8 Å². The molecule has 0 saturated carbocycles. The van der Waals surface area contributed by atoms with Gasteiger partial charge in [-0.25, -0.2) is 0 Å². The Balaban J connectivity index is 1.88. The second kappa shape index (κ2) is 6.14. The Hall–Kier alpha value is -1.44. The normalized spacial score (nSPS) is 18.2. The molecule has 1 aromatic rings. The molecule has 1 amide bonds. The summed E-state index contributed by atoms with van der Waals surface area (Å²) >= 11 is 11.7. The monoisotopic (exact) mass is 297 g/mol. The molecule has 1 fully saturated rings. The molecule has 4 nitrogen and oxygen atoms in total. The standard InChI is InChI=1S/C13H13Cl2N3O/c14-11-2-1-10(6-12(11)15)17-13(19)5-9-3-4-18(7-9)8-16/h1-2,6,9H,3-5,7H2,(H,17,19). The molecular weight excluding hydrogens is 285 g/mol. The Morgan fingerprint density at radius 3 is 2.89 bits per heavy atom. The van der Waals surface area contributed by atoms with Crippen LogP contribution in [0.3, 0.4) is 0 Å². The topological polar surface area (TPSA) is 56.1 Å². The van der Waals surface area contributed by atoms with E-state index < -0.39 is 0 Å². The molecule has 0 aliphatic carbocycles. The summed E-state index contributed by atoms with van der Waals surface area (Å²) in [5.41, 5.74) is 0.634. The van der Waals surface area contributed by atoms with Crippen molar-refractivity contribution in [2.45, 2.75) is 12.8 Å². The summed E-state index contributed by atoms with van der Waals surface area (Å²) in [4.78, 5) is 13.5. The van der Waals surface area contributed by atoms with Crippen LogP contribution in [-0.2, 0) is 4.79 Å². The van der Waals surface area contributed by atoms with Crippen LogP contribution in [0.5, 0.6) is 0 Å². The largest absolute Gasteiger partial charge is 0.326 e. The molecule has 1 aromatic carbocycles. The summed E-state index contributed by atoms with van der Waals surface area (Å²) in [5, 5.41) is 12.4. The van der Waals surface area contributed by atoms with Crippen LogP contribution in [0.1, 0.15) is 12.8 Å². The summed E-state index contributed by atoms with van der Waals surface area (Å²) in [5.74, 6) is 0.172. The molecule has 0 aromatic heterocycles. The van der Waals surface area contributed by atoms with Crippen LogP contribution in [0.4, 0.5) is 5.69 Å². The molecule has 1 saturated heterocycles. The number of carbonyl (C=O) groups excluding carboxylic acids is 1. The molecule has 1 aliphatic rings. The fourth-order valence-electron chi connectivity index (χ4n) is 2.14. The SMILES string of the molecule is N#CN1CCC(CC(=O)Nc2ccc(Cl)c(Cl)c2)C1. The minimum Gasteiger partial charge on any atom is -0.326 e. The Labute approximate surface area is 121 Å². The lowest BCUT2D eigenvalue weighted by Crippen LogP contribution is -2.19. The number of amides is 1. The number of nitriles is 1. The van der Waals surface area contributed by atoms with Crippen LogP contribution in [0, 0.1) is 17.4 Å². The predicted molar refractivity (Wildman–Crippen MR) is 75.0 cm³/mol. The average molecular weight is 298 g/mol. The molecule has 0 radical (unpaired) electrons.